The van der Waals surface area contributed by atoms with Crippen LogP contribution in [0.2, 0.25) is 10.0 Å². The van der Waals surface area contributed by atoms with Gasteiger partial charge in [-0.3, -0.25) is 0 Å². The molecule has 0 fully saturated rings. The molecule has 0 bridgehead atoms. The van der Waals surface area contributed by atoms with Gasteiger partial charge >= 0.3 is 0 Å². The van der Waals surface area contributed by atoms with E-state index in [1.165, 1.54) is 11.5 Å². The lowest BCUT2D eigenvalue weighted by molar-refractivity contribution is 0.599. The van der Waals surface area contributed by atoms with Crippen molar-refractivity contribution in [3.63, 3.8) is 0 Å². The smallest absolute Gasteiger partial charge is 0.0807 e. The third-order valence-electron chi connectivity index (χ3n) is 3.23. The van der Waals surface area contributed by atoms with Gasteiger partial charge in [0.15, 0.2) is 0 Å². The van der Waals surface area contributed by atoms with Crippen molar-refractivity contribution in [2.75, 3.05) is 6.54 Å². The van der Waals surface area contributed by atoms with Gasteiger partial charge in [0.2, 0.25) is 0 Å². The fourth-order valence-corrected chi connectivity index (χ4v) is 3.43. The summed E-state index contributed by atoms with van der Waals surface area (Å²) < 4.78 is 4.12. The first-order valence-electron chi connectivity index (χ1n) is 7.17. The first-order valence-corrected chi connectivity index (χ1v) is 8.70. The Morgan fingerprint density at radius 1 is 1.24 bits per heavy atom. The molecule has 2 rings (SSSR count). The van der Waals surface area contributed by atoms with E-state index in [4.69, 9.17) is 23.2 Å². The Morgan fingerprint density at radius 3 is 2.76 bits per heavy atom. The van der Waals surface area contributed by atoms with Gasteiger partial charge in [0.05, 0.1) is 26.7 Å². The van der Waals surface area contributed by atoms with E-state index in [2.05, 4.69) is 28.8 Å². The molecule has 0 spiro atoms. The van der Waals surface area contributed by atoms with E-state index in [0.717, 1.165) is 41.9 Å². The van der Waals surface area contributed by atoms with E-state index in [1.807, 2.05) is 18.2 Å². The predicted molar refractivity (Wildman–Crippen MR) is 90.5 cm³/mol. The summed E-state index contributed by atoms with van der Waals surface area (Å²) in [6.45, 7) is 5.18. The number of hydrogen-bond donors (Lipinski definition) is 1. The molecule has 2 aromatic rings. The third kappa shape index (κ3) is 3.95. The Hall–Kier alpha value is -0.680. The van der Waals surface area contributed by atoms with E-state index in [1.54, 1.807) is 0 Å². The standard InChI is InChI=1S/C15H19Cl2N3S/c1-3-6-12-15(21-20-19-12)14(18-9-4-2)10-7-5-8-11(16)13(10)17/h5,7-8,14,18H,3-4,6,9H2,1-2H3. The van der Waals surface area contributed by atoms with E-state index < -0.39 is 0 Å². The zero-order chi connectivity index (χ0) is 15.2. The summed E-state index contributed by atoms with van der Waals surface area (Å²) in [4.78, 5) is 1.13. The average molecular weight is 344 g/mol. The van der Waals surface area contributed by atoms with Gasteiger partial charge in [-0.2, -0.15) is 0 Å². The van der Waals surface area contributed by atoms with Crippen molar-refractivity contribution in [3.05, 3.63) is 44.4 Å². The zero-order valence-electron chi connectivity index (χ0n) is 12.2. The molecule has 0 saturated heterocycles. The minimum Gasteiger partial charge on any atom is -0.305 e. The molecular weight excluding hydrogens is 325 g/mol. The number of aromatic nitrogens is 2. The lowest BCUT2D eigenvalue weighted by Gasteiger charge is -2.20. The van der Waals surface area contributed by atoms with E-state index in [9.17, 15) is 0 Å². The van der Waals surface area contributed by atoms with Crippen LogP contribution < -0.4 is 5.32 Å². The molecule has 0 saturated carbocycles. The number of halogens is 2. The van der Waals surface area contributed by atoms with Gasteiger partial charge in [-0.05, 0) is 42.5 Å². The van der Waals surface area contributed by atoms with Crippen LogP contribution in [0.3, 0.4) is 0 Å². The van der Waals surface area contributed by atoms with Crippen LogP contribution in [-0.2, 0) is 6.42 Å². The maximum atomic E-state index is 6.41. The summed E-state index contributed by atoms with van der Waals surface area (Å²) >= 11 is 14.0. The second-order valence-electron chi connectivity index (χ2n) is 4.86. The minimum atomic E-state index is -0.00213. The predicted octanol–water partition coefficient (Wildman–Crippen LogP) is 4.89. The van der Waals surface area contributed by atoms with Gasteiger partial charge < -0.3 is 5.32 Å². The topological polar surface area (TPSA) is 37.8 Å². The Balaban J connectivity index is 2.42. The van der Waals surface area contributed by atoms with Crippen LogP contribution in [-0.4, -0.2) is 16.1 Å². The van der Waals surface area contributed by atoms with Gasteiger partial charge in [-0.1, -0.05) is 60.1 Å². The number of hydrogen-bond acceptors (Lipinski definition) is 4. The monoisotopic (exact) mass is 343 g/mol. The van der Waals surface area contributed by atoms with Gasteiger partial charge in [0.25, 0.3) is 0 Å². The third-order valence-corrected chi connectivity index (χ3v) is 4.89. The molecule has 1 aromatic carbocycles. The maximum absolute atomic E-state index is 6.41. The highest BCUT2D eigenvalue weighted by atomic mass is 35.5. The molecule has 0 radical (unpaired) electrons. The first kappa shape index (κ1) is 16.7. The highest BCUT2D eigenvalue weighted by Crippen LogP contribution is 2.35. The van der Waals surface area contributed by atoms with Crippen molar-refractivity contribution in [1.82, 2.24) is 14.9 Å². The van der Waals surface area contributed by atoms with Crippen molar-refractivity contribution >= 4 is 34.7 Å². The molecule has 1 atom stereocenters. The van der Waals surface area contributed by atoms with Crippen LogP contribution in [0.1, 0.15) is 48.9 Å². The van der Waals surface area contributed by atoms with Crippen molar-refractivity contribution in [2.24, 2.45) is 0 Å². The van der Waals surface area contributed by atoms with E-state index >= 15 is 0 Å². The molecule has 21 heavy (non-hydrogen) atoms. The van der Waals surface area contributed by atoms with Crippen molar-refractivity contribution < 1.29 is 0 Å². The van der Waals surface area contributed by atoms with Crippen LogP contribution in [0, 0.1) is 0 Å². The summed E-state index contributed by atoms with van der Waals surface area (Å²) in [6, 6.07) is 5.75. The molecule has 0 amide bonds. The van der Waals surface area contributed by atoms with Crippen molar-refractivity contribution in [2.45, 2.75) is 39.2 Å². The first-order chi connectivity index (χ1) is 10.2. The molecule has 1 N–H and O–H groups in total. The number of benzene rings is 1. The Labute approximate surface area is 139 Å². The molecule has 6 heteroatoms. The molecule has 0 aliphatic rings. The number of nitrogens with zero attached hydrogens (tertiary/aromatic N) is 2. The minimum absolute atomic E-state index is 0.00213. The number of aryl methyl sites for hydroxylation is 1. The highest BCUT2D eigenvalue weighted by molar-refractivity contribution is 7.05. The summed E-state index contributed by atoms with van der Waals surface area (Å²) in [5, 5.41) is 8.98. The molecule has 1 heterocycles. The number of nitrogens with one attached hydrogen (secondary N) is 1. The molecule has 1 aromatic heterocycles. The fraction of sp³-hybridized carbons (Fsp3) is 0.467. The lowest BCUT2D eigenvalue weighted by atomic mass is 10.0. The number of rotatable bonds is 7. The van der Waals surface area contributed by atoms with E-state index in [0.29, 0.717) is 10.0 Å². The van der Waals surface area contributed by atoms with Crippen LogP contribution in [0.15, 0.2) is 18.2 Å². The van der Waals surface area contributed by atoms with Gasteiger partial charge in [-0.25, -0.2) is 0 Å². The molecule has 0 aliphatic carbocycles. The summed E-state index contributed by atoms with van der Waals surface area (Å²) in [5.41, 5.74) is 2.04. The van der Waals surface area contributed by atoms with Crippen molar-refractivity contribution in [3.8, 4) is 0 Å². The highest BCUT2D eigenvalue weighted by Gasteiger charge is 2.23. The Morgan fingerprint density at radius 2 is 2.05 bits per heavy atom. The molecule has 114 valence electrons. The quantitative estimate of drug-likeness (QED) is 0.777. The van der Waals surface area contributed by atoms with Crippen molar-refractivity contribution in [1.29, 1.82) is 0 Å². The maximum Gasteiger partial charge on any atom is 0.0807 e. The fourth-order valence-electron chi connectivity index (χ4n) is 2.22. The van der Waals surface area contributed by atoms with E-state index in [-0.39, 0.29) is 6.04 Å². The summed E-state index contributed by atoms with van der Waals surface area (Å²) in [7, 11) is 0. The second-order valence-corrected chi connectivity index (χ2v) is 6.43. The van der Waals surface area contributed by atoms with Crippen LogP contribution in [0.5, 0.6) is 0 Å². The van der Waals surface area contributed by atoms with Gasteiger partial charge in [0.1, 0.15) is 0 Å². The van der Waals surface area contributed by atoms with Gasteiger partial charge in [0, 0.05) is 0 Å². The normalized spacial score (nSPS) is 12.6. The molecule has 1 unspecified atom stereocenters. The second kappa shape index (κ2) is 8.08. The Kier molecular flexibility index (Phi) is 6.42. The van der Waals surface area contributed by atoms with Crippen LogP contribution in [0.25, 0.3) is 0 Å². The molecular formula is C15H19Cl2N3S. The lowest BCUT2D eigenvalue weighted by Crippen LogP contribution is -2.23. The van der Waals surface area contributed by atoms with Crippen LogP contribution >= 0.6 is 34.7 Å². The largest absolute Gasteiger partial charge is 0.305 e. The molecule has 0 aliphatic heterocycles. The average Bonchev–Trinajstić information content (AvgIpc) is 2.92. The summed E-state index contributed by atoms with van der Waals surface area (Å²) in [6.07, 6.45) is 3.01. The Bertz CT molecular complexity index is 586. The molecule has 3 nitrogen and oxygen atoms in total. The summed E-state index contributed by atoms with van der Waals surface area (Å²) in [5.74, 6) is 0. The van der Waals surface area contributed by atoms with Crippen LogP contribution in [0.4, 0.5) is 0 Å². The van der Waals surface area contributed by atoms with Gasteiger partial charge in [-0.15, -0.1) is 5.10 Å². The zero-order valence-corrected chi connectivity index (χ0v) is 14.5. The SMILES string of the molecule is CCCNC(c1cccc(Cl)c1Cl)c1snnc1CCC.